The molecule has 0 spiro atoms. The van der Waals surface area contributed by atoms with Crippen LogP contribution in [0.4, 0.5) is 0 Å². The van der Waals surface area contributed by atoms with E-state index < -0.39 is 0 Å². The van der Waals surface area contributed by atoms with Crippen molar-refractivity contribution in [3.05, 3.63) is 59.4 Å². The third-order valence-electron chi connectivity index (χ3n) is 5.15. The number of pyridine rings is 1. The van der Waals surface area contributed by atoms with Gasteiger partial charge in [0.15, 0.2) is 0 Å². The maximum absolute atomic E-state index is 9.53. The van der Waals surface area contributed by atoms with Crippen molar-refractivity contribution >= 4 is 0 Å². The van der Waals surface area contributed by atoms with Crippen LogP contribution in [0.25, 0.3) is 0 Å². The number of nitrogens with zero attached hydrogens (tertiary/aromatic N) is 3. The summed E-state index contributed by atoms with van der Waals surface area (Å²) in [6.45, 7) is 7.19. The van der Waals surface area contributed by atoms with Crippen molar-refractivity contribution in [1.82, 2.24) is 14.8 Å². The normalized spacial score (nSPS) is 18.3. The van der Waals surface area contributed by atoms with Gasteiger partial charge >= 0.3 is 0 Å². The molecule has 6 nitrogen and oxygen atoms in total. The number of rotatable bonds is 9. The molecule has 1 atom stereocenters. The molecule has 1 fully saturated rings. The van der Waals surface area contributed by atoms with Crippen LogP contribution >= 0.6 is 0 Å². The van der Waals surface area contributed by atoms with Crippen LogP contribution in [-0.2, 0) is 13.1 Å². The molecule has 28 heavy (non-hydrogen) atoms. The molecule has 3 rings (SSSR count). The molecule has 1 aliphatic rings. The molecule has 2 N–H and O–H groups in total. The zero-order valence-corrected chi connectivity index (χ0v) is 16.6. The van der Waals surface area contributed by atoms with Crippen LogP contribution in [0.2, 0.25) is 0 Å². The first-order valence-electron chi connectivity index (χ1n) is 10.0. The summed E-state index contributed by atoms with van der Waals surface area (Å²) in [7, 11) is 0. The van der Waals surface area contributed by atoms with Gasteiger partial charge in [-0.05, 0) is 43.2 Å². The number of piperazine rings is 1. The summed E-state index contributed by atoms with van der Waals surface area (Å²) in [4.78, 5) is 9.53. The summed E-state index contributed by atoms with van der Waals surface area (Å²) in [5.41, 5.74) is 3.38. The second-order valence-electron chi connectivity index (χ2n) is 7.36. The molecule has 152 valence electrons. The Labute approximate surface area is 167 Å². The first-order valence-corrected chi connectivity index (χ1v) is 10.0. The highest BCUT2D eigenvalue weighted by Crippen LogP contribution is 2.19. The molecular weight excluding hydrogens is 354 g/mol. The number of aliphatic hydroxyl groups excluding tert-OH is 2. The zero-order valence-electron chi connectivity index (χ0n) is 16.6. The van der Waals surface area contributed by atoms with Crippen LogP contribution in [0.15, 0.2) is 42.5 Å². The Bertz CT molecular complexity index is 723. The van der Waals surface area contributed by atoms with Gasteiger partial charge in [0.2, 0.25) is 0 Å². The third kappa shape index (κ3) is 6.01. The van der Waals surface area contributed by atoms with E-state index in [1.165, 1.54) is 5.56 Å². The second kappa shape index (κ2) is 10.5. The molecule has 0 saturated carbocycles. The van der Waals surface area contributed by atoms with Crippen LogP contribution < -0.4 is 4.74 Å². The molecule has 0 amide bonds. The molecule has 1 aromatic carbocycles. The molecule has 0 aliphatic carbocycles. The van der Waals surface area contributed by atoms with E-state index in [1.807, 2.05) is 25.1 Å². The summed E-state index contributed by atoms with van der Waals surface area (Å²) >= 11 is 0. The Morgan fingerprint density at radius 1 is 1.04 bits per heavy atom. The van der Waals surface area contributed by atoms with E-state index in [0.717, 1.165) is 56.3 Å². The van der Waals surface area contributed by atoms with Crippen molar-refractivity contribution < 1.29 is 14.9 Å². The number of aliphatic hydroxyl groups is 2. The topological polar surface area (TPSA) is 69.1 Å². The number of aryl methyl sites for hydroxylation is 1. The van der Waals surface area contributed by atoms with Gasteiger partial charge in [-0.15, -0.1) is 0 Å². The van der Waals surface area contributed by atoms with E-state index in [4.69, 9.17) is 9.84 Å². The lowest BCUT2D eigenvalue weighted by Crippen LogP contribution is -2.52. The molecule has 1 saturated heterocycles. The Kier molecular flexibility index (Phi) is 7.80. The average molecular weight is 386 g/mol. The highest BCUT2D eigenvalue weighted by atomic mass is 16.5. The molecule has 1 aromatic heterocycles. The van der Waals surface area contributed by atoms with E-state index in [2.05, 4.69) is 39.0 Å². The van der Waals surface area contributed by atoms with Gasteiger partial charge < -0.3 is 14.9 Å². The van der Waals surface area contributed by atoms with Gasteiger partial charge in [0, 0.05) is 51.1 Å². The van der Waals surface area contributed by atoms with Crippen LogP contribution in [0.1, 0.15) is 23.4 Å². The monoisotopic (exact) mass is 385 g/mol. The Balaban J connectivity index is 1.57. The van der Waals surface area contributed by atoms with Gasteiger partial charge in [0.25, 0.3) is 0 Å². The van der Waals surface area contributed by atoms with Crippen LogP contribution in [0.3, 0.4) is 0 Å². The van der Waals surface area contributed by atoms with Crippen molar-refractivity contribution in [3.8, 4) is 5.75 Å². The maximum atomic E-state index is 9.53. The van der Waals surface area contributed by atoms with E-state index in [-0.39, 0.29) is 13.2 Å². The fourth-order valence-corrected chi connectivity index (χ4v) is 3.74. The van der Waals surface area contributed by atoms with Crippen LogP contribution in [0.5, 0.6) is 5.75 Å². The largest absolute Gasteiger partial charge is 0.491 e. The summed E-state index contributed by atoms with van der Waals surface area (Å²) in [6.07, 6.45) is 0.774. The van der Waals surface area contributed by atoms with Crippen molar-refractivity contribution in [3.63, 3.8) is 0 Å². The Hall–Kier alpha value is -1.99. The quantitative estimate of drug-likeness (QED) is 0.686. The lowest BCUT2D eigenvalue weighted by molar-refractivity contribution is 0.0491. The molecule has 0 bridgehead atoms. The van der Waals surface area contributed by atoms with Gasteiger partial charge in [0.05, 0.1) is 12.3 Å². The van der Waals surface area contributed by atoms with E-state index in [1.54, 1.807) is 0 Å². The molecule has 2 heterocycles. The SMILES string of the molecule is Cc1cccc(CN2CCN(Cc3ccc(OCCO)cc3)C[C@@H]2CCO)n1. The number of ether oxygens (including phenoxy) is 1. The average Bonchev–Trinajstić information content (AvgIpc) is 2.70. The predicted molar refractivity (Wildman–Crippen MR) is 109 cm³/mol. The second-order valence-corrected chi connectivity index (χ2v) is 7.36. The zero-order chi connectivity index (χ0) is 19.8. The standard InChI is InChI=1S/C22H31N3O3/c1-18-3-2-4-20(23-18)16-25-11-10-24(17-21(25)9-12-26)15-19-5-7-22(8-6-19)28-14-13-27/h2-8,21,26-27H,9-17H2,1H3/t21-/m0/s1. The summed E-state index contributed by atoms with van der Waals surface area (Å²) in [5, 5.41) is 18.4. The molecule has 0 radical (unpaired) electrons. The minimum absolute atomic E-state index is 0.0242. The number of hydrogen-bond acceptors (Lipinski definition) is 6. The third-order valence-corrected chi connectivity index (χ3v) is 5.15. The summed E-state index contributed by atoms with van der Waals surface area (Å²) < 4.78 is 5.42. The molecular formula is C22H31N3O3. The van der Waals surface area contributed by atoms with E-state index >= 15 is 0 Å². The fourth-order valence-electron chi connectivity index (χ4n) is 3.74. The number of hydrogen-bond donors (Lipinski definition) is 2. The van der Waals surface area contributed by atoms with Gasteiger partial charge in [-0.25, -0.2) is 0 Å². The summed E-state index contributed by atoms with van der Waals surface area (Å²) in [5.74, 6) is 0.784. The van der Waals surface area contributed by atoms with E-state index in [0.29, 0.717) is 12.6 Å². The first-order chi connectivity index (χ1) is 13.7. The van der Waals surface area contributed by atoms with Gasteiger partial charge in [-0.2, -0.15) is 0 Å². The highest BCUT2D eigenvalue weighted by Gasteiger charge is 2.27. The molecule has 6 heteroatoms. The fraction of sp³-hybridized carbons (Fsp3) is 0.500. The first kappa shape index (κ1) is 20.7. The van der Waals surface area contributed by atoms with Crippen LogP contribution in [-0.4, -0.2) is 70.5 Å². The van der Waals surface area contributed by atoms with Crippen molar-refractivity contribution in [1.29, 1.82) is 0 Å². The van der Waals surface area contributed by atoms with Gasteiger partial charge in [0.1, 0.15) is 12.4 Å². The smallest absolute Gasteiger partial charge is 0.119 e. The van der Waals surface area contributed by atoms with Gasteiger partial charge in [-0.3, -0.25) is 14.8 Å². The van der Waals surface area contributed by atoms with Gasteiger partial charge in [-0.1, -0.05) is 18.2 Å². The molecule has 1 aliphatic heterocycles. The Morgan fingerprint density at radius 3 is 2.57 bits per heavy atom. The predicted octanol–water partition coefficient (Wildman–Crippen LogP) is 1.83. The van der Waals surface area contributed by atoms with Crippen LogP contribution in [0, 0.1) is 6.92 Å². The Morgan fingerprint density at radius 2 is 1.86 bits per heavy atom. The number of aromatic nitrogens is 1. The summed E-state index contributed by atoms with van der Waals surface area (Å²) in [6, 6.07) is 14.6. The molecule has 0 unspecified atom stereocenters. The van der Waals surface area contributed by atoms with Crippen molar-refractivity contribution in [2.24, 2.45) is 0 Å². The molecule has 2 aromatic rings. The van der Waals surface area contributed by atoms with Crippen molar-refractivity contribution in [2.45, 2.75) is 32.5 Å². The highest BCUT2D eigenvalue weighted by molar-refractivity contribution is 5.27. The van der Waals surface area contributed by atoms with Crippen molar-refractivity contribution in [2.75, 3.05) is 39.5 Å². The number of benzene rings is 1. The lowest BCUT2D eigenvalue weighted by atomic mass is 10.1. The minimum atomic E-state index is 0.0242. The maximum Gasteiger partial charge on any atom is 0.119 e. The minimum Gasteiger partial charge on any atom is -0.491 e. The van der Waals surface area contributed by atoms with E-state index in [9.17, 15) is 5.11 Å². The lowest BCUT2D eigenvalue weighted by Gasteiger charge is -2.41.